The fourth-order valence-electron chi connectivity index (χ4n) is 1.18. The normalized spacial score (nSPS) is 10.7. The van der Waals surface area contributed by atoms with Crippen molar-refractivity contribution in [2.75, 3.05) is 0 Å². The molecule has 0 aromatic rings. The Morgan fingerprint density at radius 3 is 1.70 bits per heavy atom. The topological polar surface area (TPSA) is 17.1 Å². The predicted octanol–water partition coefficient (Wildman–Crippen LogP) is 2.42. The van der Waals surface area contributed by atoms with E-state index in [9.17, 15) is 4.79 Å². The van der Waals surface area contributed by atoms with Crippen LogP contribution in [0.25, 0.3) is 0 Å². The predicted molar refractivity (Wildman–Crippen MR) is 47.5 cm³/mol. The van der Waals surface area contributed by atoms with Crippen molar-refractivity contribution in [3.05, 3.63) is 4.91 Å². The number of hydrogen-bond acceptors (Lipinski definition) is 1. The van der Waals surface area contributed by atoms with E-state index in [0.29, 0.717) is 0 Å². The van der Waals surface area contributed by atoms with Gasteiger partial charge in [0.05, 0.1) is 0 Å². The van der Waals surface area contributed by atoms with Crippen molar-refractivity contribution in [1.29, 1.82) is 0 Å². The van der Waals surface area contributed by atoms with Crippen LogP contribution in [0.1, 0.15) is 20.8 Å². The van der Waals surface area contributed by atoms with Crippen LogP contribution in [-0.4, -0.2) is 19.2 Å². The zero-order chi connectivity index (χ0) is 8.04. The Hall–Kier alpha value is -0.00714. The second-order valence-electron chi connectivity index (χ2n) is 2.69. The molecule has 0 aromatic carbocycles. The first-order chi connectivity index (χ1) is 4.74. The maximum absolute atomic E-state index is 10.2. The van der Waals surface area contributed by atoms with Gasteiger partial charge in [-0.2, -0.15) is 0 Å². The molecule has 0 N–H and O–H groups in total. The zero-order valence-electron chi connectivity index (χ0n) is 7.11. The monoisotopic (exact) mass is 202 g/mol. The maximum atomic E-state index is 10.2. The molecule has 10 heavy (non-hydrogen) atoms. The third-order valence-corrected chi connectivity index (χ3v) is 12.9. The third kappa shape index (κ3) is 2.32. The van der Waals surface area contributed by atoms with Crippen LogP contribution in [0.5, 0.6) is 0 Å². The van der Waals surface area contributed by atoms with Crippen molar-refractivity contribution in [1.82, 2.24) is 0 Å². The molecular formula is C8H16GeO. The molecule has 0 atom stereocenters. The molecule has 0 heterocycles. The molecule has 0 fully saturated rings. The Kier molecular flexibility index (Phi) is 4.75. The number of carbonyl (C=O) groups excluding carboxylic acids is 1. The van der Waals surface area contributed by atoms with Crippen molar-refractivity contribution in [2.45, 2.75) is 36.5 Å². The van der Waals surface area contributed by atoms with Crippen molar-refractivity contribution in [2.24, 2.45) is 0 Å². The van der Waals surface area contributed by atoms with Gasteiger partial charge in [0, 0.05) is 0 Å². The second-order valence-corrected chi connectivity index (χ2v) is 13.5. The fourth-order valence-corrected chi connectivity index (χ4v) is 6.14. The molecule has 0 aliphatic carbocycles. The molecule has 0 rings (SSSR count). The van der Waals surface area contributed by atoms with Gasteiger partial charge in [-0.3, -0.25) is 0 Å². The summed E-state index contributed by atoms with van der Waals surface area (Å²) in [6.45, 7) is 6.59. The molecule has 0 aromatic heterocycles. The summed E-state index contributed by atoms with van der Waals surface area (Å²) in [7, 11) is 0. The summed E-state index contributed by atoms with van der Waals surface area (Å²) in [6.07, 6.45) is 0. The average molecular weight is 201 g/mol. The average Bonchev–Trinajstić information content (AvgIpc) is 2.01. The second kappa shape index (κ2) is 4.75. The first-order valence-electron chi connectivity index (χ1n) is 3.96. The van der Waals surface area contributed by atoms with Gasteiger partial charge in [0.15, 0.2) is 0 Å². The van der Waals surface area contributed by atoms with E-state index in [-0.39, 0.29) is 0 Å². The van der Waals surface area contributed by atoms with Gasteiger partial charge in [-0.25, -0.2) is 0 Å². The SMILES string of the molecule is C[CH2][Ge]([CH]=C=O)([CH2]C)[CH2]C. The van der Waals surface area contributed by atoms with E-state index in [1.807, 2.05) is 10.8 Å². The van der Waals surface area contributed by atoms with Crippen LogP contribution in [0.2, 0.25) is 15.8 Å². The zero-order valence-corrected chi connectivity index (χ0v) is 9.20. The van der Waals surface area contributed by atoms with Crippen LogP contribution < -0.4 is 0 Å². The van der Waals surface area contributed by atoms with Gasteiger partial charge in [-0.05, 0) is 0 Å². The molecular weight excluding hydrogens is 185 g/mol. The molecule has 0 amide bonds. The standard InChI is InChI=1S/C8H16GeO/c1-4-9(5-2,6-3)7-8-10/h7H,4-6H2,1-3H3. The Labute approximate surface area is 65.9 Å². The quantitative estimate of drug-likeness (QED) is 0.504. The number of rotatable bonds is 4. The molecule has 2 heteroatoms. The summed E-state index contributed by atoms with van der Waals surface area (Å²) < 4.78 is 0. The van der Waals surface area contributed by atoms with Crippen molar-refractivity contribution >= 4 is 19.2 Å². The molecule has 0 radical (unpaired) electrons. The van der Waals surface area contributed by atoms with Gasteiger partial charge in [0.1, 0.15) is 0 Å². The molecule has 0 saturated carbocycles. The van der Waals surface area contributed by atoms with Crippen LogP contribution in [0.3, 0.4) is 0 Å². The van der Waals surface area contributed by atoms with Gasteiger partial charge in [-0.1, -0.05) is 0 Å². The van der Waals surface area contributed by atoms with Gasteiger partial charge in [0.2, 0.25) is 0 Å². The Balaban J connectivity index is 4.29. The first kappa shape index (κ1) is 9.99. The summed E-state index contributed by atoms with van der Waals surface area (Å²) >= 11 is -1.75. The Bertz CT molecular complexity index is 124. The third-order valence-electron chi connectivity index (χ3n) is 2.48. The summed E-state index contributed by atoms with van der Waals surface area (Å²) in [6, 6.07) is 0. The van der Waals surface area contributed by atoms with Crippen LogP contribution >= 0.6 is 0 Å². The molecule has 1 nitrogen and oxygen atoms in total. The molecule has 0 saturated heterocycles. The summed E-state index contributed by atoms with van der Waals surface area (Å²) in [5.74, 6) is 1.97. The molecule has 0 aliphatic heterocycles. The summed E-state index contributed by atoms with van der Waals surface area (Å²) in [5.41, 5.74) is 0. The molecule has 0 bridgehead atoms. The number of hydrogen-bond donors (Lipinski definition) is 0. The van der Waals surface area contributed by atoms with E-state index in [0.717, 1.165) is 0 Å². The van der Waals surface area contributed by atoms with E-state index in [2.05, 4.69) is 20.8 Å². The van der Waals surface area contributed by atoms with Crippen LogP contribution in [0, 0.1) is 0 Å². The van der Waals surface area contributed by atoms with Crippen molar-refractivity contribution < 1.29 is 4.79 Å². The van der Waals surface area contributed by atoms with Crippen molar-refractivity contribution in [3.63, 3.8) is 0 Å². The molecule has 58 valence electrons. The van der Waals surface area contributed by atoms with Crippen LogP contribution in [0.4, 0.5) is 0 Å². The van der Waals surface area contributed by atoms with Gasteiger partial charge < -0.3 is 0 Å². The first-order valence-corrected chi connectivity index (χ1v) is 9.63. The van der Waals surface area contributed by atoms with E-state index < -0.39 is 13.3 Å². The van der Waals surface area contributed by atoms with E-state index >= 15 is 0 Å². The van der Waals surface area contributed by atoms with E-state index in [1.165, 1.54) is 15.8 Å². The summed E-state index contributed by atoms with van der Waals surface area (Å²) in [4.78, 5) is 12.0. The molecule has 0 unspecified atom stereocenters. The van der Waals surface area contributed by atoms with Crippen molar-refractivity contribution in [3.8, 4) is 0 Å². The van der Waals surface area contributed by atoms with Crippen LogP contribution in [0.15, 0.2) is 4.91 Å². The summed E-state index contributed by atoms with van der Waals surface area (Å²) in [5, 5.41) is 3.67. The van der Waals surface area contributed by atoms with Gasteiger partial charge in [0.25, 0.3) is 0 Å². The van der Waals surface area contributed by atoms with Gasteiger partial charge in [-0.15, -0.1) is 0 Å². The molecule has 0 spiro atoms. The van der Waals surface area contributed by atoms with E-state index in [1.54, 1.807) is 0 Å². The Morgan fingerprint density at radius 2 is 1.60 bits per heavy atom. The molecule has 0 aliphatic rings. The minimum atomic E-state index is -1.75. The van der Waals surface area contributed by atoms with Crippen LogP contribution in [-0.2, 0) is 4.79 Å². The fraction of sp³-hybridized carbons (Fsp3) is 0.750. The minimum absolute atomic E-state index is 1.22. The Morgan fingerprint density at radius 1 is 1.20 bits per heavy atom. The van der Waals surface area contributed by atoms with E-state index in [4.69, 9.17) is 0 Å². The van der Waals surface area contributed by atoms with Gasteiger partial charge >= 0.3 is 65.4 Å².